The van der Waals surface area contributed by atoms with Crippen molar-refractivity contribution >= 4 is 6.29 Å². The van der Waals surface area contributed by atoms with E-state index in [1.54, 1.807) is 0 Å². The summed E-state index contributed by atoms with van der Waals surface area (Å²) in [6.07, 6.45) is 15.0. The van der Waals surface area contributed by atoms with Gasteiger partial charge in [0.15, 0.2) is 0 Å². The summed E-state index contributed by atoms with van der Waals surface area (Å²) >= 11 is 0. The van der Waals surface area contributed by atoms with Gasteiger partial charge >= 0.3 is 0 Å². The topological polar surface area (TPSA) is 17.1 Å². The zero-order valence-electron chi connectivity index (χ0n) is 12.8. The summed E-state index contributed by atoms with van der Waals surface area (Å²) in [7, 11) is 0. The molecule has 5 fully saturated rings. The molecular formula is C18H28FeO. The fourth-order valence-corrected chi connectivity index (χ4v) is 5.21. The second kappa shape index (κ2) is 6.53. The number of hydrogen-bond acceptors (Lipinski definition) is 1. The molecule has 0 aromatic rings. The second-order valence-corrected chi connectivity index (χ2v) is 7.79. The van der Waals surface area contributed by atoms with E-state index >= 15 is 0 Å². The van der Waals surface area contributed by atoms with Crippen molar-refractivity contribution in [1.29, 1.82) is 0 Å². The van der Waals surface area contributed by atoms with Gasteiger partial charge in [-0.1, -0.05) is 20.3 Å². The number of aldehydes is 1. The zero-order chi connectivity index (χ0) is 13.5. The van der Waals surface area contributed by atoms with Crippen molar-refractivity contribution in [3.63, 3.8) is 0 Å². The summed E-state index contributed by atoms with van der Waals surface area (Å²) in [5.41, 5.74) is 0.596. The zero-order valence-corrected chi connectivity index (χ0v) is 13.9. The SMILES string of the molecule is CC1(C)C2CC3CC(C=O)CC3C1C2.[CH]1[CH]CCC1.[Fe]. The van der Waals surface area contributed by atoms with Gasteiger partial charge in [-0.15, -0.1) is 0 Å². The van der Waals surface area contributed by atoms with E-state index in [-0.39, 0.29) is 17.1 Å². The fraction of sp³-hybridized carbons (Fsp3) is 0.833. The normalized spacial score (nSPS) is 43.4. The summed E-state index contributed by atoms with van der Waals surface area (Å²) < 4.78 is 0. The van der Waals surface area contributed by atoms with Gasteiger partial charge in [-0.2, -0.15) is 0 Å². The molecule has 5 aliphatic carbocycles. The van der Waals surface area contributed by atoms with Gasteiger partial charge in [-0.3, -0.25) is 0 Å². The van der Waals surface area contributed by atoms with Crippen LogP contribution in [0, 0.1) is 47.8 Å². The van der Waals surface area contributed by atoms with Crippen molar-refractivity contribution in [3.05, 3.63) is 12.8 Å². The molecule has 2 bridgehead atoms. The minimum absolute atomic E-state index is 0. The van der Waals surface area contributed by atoms with E-state index in [1.165, 1.54) is 51.2 Å². The molecule has 5 aliphatic rings. The number of carbonyl (C=O) groups is 1. The molecule has 5 saturated carbocycles. The Labute approximate surface area is 135 Å². The van der Waals surface area contributed by atoms with Crippen LogP contribution in [0.4, 0.5) is 0 Å². The van der Waals surface area contributed by atoms with Crippen LogP contribution in [0.3, 0.4) is 0 Å². The van der Waals surface area contributed by atoms with Crippen LogP contribution in [-0.4, -0.2) is 6.29 Å². The fourth-order valence-electron chi connectivity index (χ4n) is 5.21. The van der Waals surface area contributed by atoms with Gasteiger partial charge < -0.3 is 4.79 Å². The van der Waals surface area contributed by atoms with E-state index in [9.17, 15) is 4.79 Å². The van der Waals surface area contributed by atoms with Gasteiger partial charge in [0.1, 0.15) is 6.29 Å². The van der Waals surface area contributed by atoms with Crippen molar-refractivity contribution in [3.8, 4) is 0 Å². The van der Waals surface area contributed by atoms with E-state index in [0.29, 0.717) is 11.3 Å². The van der Waals surface area contributed by atoms with Gasteiger partial charge in [0.2, 0.25) is 0 Å². The summed E-state index contributed by atoms with van der Waals surface area (Å²) in [5, 5.41) is 0. The minimum Gasteiger partial charge on any atom is -0.303 e. The molecular weight excluding hydrogens is 288 g/mol. The smallest absolute Gasteiger partial charge is 0.123 e. The van der Waals surface area contributed by atoms with Crippen LogP contribution in [0.5, 0.6) is 0 Å². The van der Waals surface area contributed by atoms with Gasteiger partial charge in [-0.05, 0) is 80.5 Å². The molecule has 0 aromatic carbocycles. The maximum atomic E-state index is 10.8. The molecule has 1 nitrogen and oxygen atoms in total. The van der Waals surface area contributed by atoms with Crippen LogP contribution < -0.4 is 0 Å². The third-order valence-corrected chi connectivity index (χ3v) is 6.54. The Morgan fingerprint density at radius 1 is 1.05 bits per heavy atom. The Bertz CT molecular complexity index is 327. The molecule has 20 heavy (non-hydrogen) atoms. The molecule has 5 rings (SSSR count). The van der Waals surface area contributed by atoms with E-state index in [0.717, 1.165) is 23.7 Å². The van der Waals surface area contributed by atoms with Crippen LogP contribution in [0.25, 0.3) is 0 Å². The van der Waals surface area contributed by atoms with Crippen LogP contribution in [-0.2, 0) is 21.9 Å². The predicted molar refractivity (Wildman–Crippen MR) is 78.2 cm³/mol. The molecule has 114 valence electrons. The molecule has 0 aliphatic heterocycles. The molecule has 0 aromatic heterocycles. The Morgan fingerprint density at radius 3 is 2.25 bits per heavy atom. The van der Waals surface area contributed by atoms with Crippen molar-refractivity contribution in [1.82, 2.24) is 0 Å². The molecule has 0 spiro atoms. The van der Waals surface area contributed by atoms with Gasteiger partial charge in [-0.25, -0.2) is 0 Å². The maximum Gasteiger partial charge on any atom is 0.123 e. The molecule has 5 unspecified atom stereocenters. The first-order valence-electron chi connectivity index (χ1n) is 8.23. The average molecular weight is 316 g/mol. The average Bonchev–Trinajstić information content (AvgIpc) is 3.09. The summed E-state index contributed by atoms with van der Waals surface area (Å²) in [6, 6.07) is 0. The summed E-state index contributed by atoms with van der Waals surface area (Å²) in [4.78, 5) is 10.8. The van der Waals surface area contributed by atoms with Crippen LogP contribution in [0.2, 0.25) is 0 Å². The number of carbonyl (C=O) groups excluding carboxylic acids is 1. The Hall–Kier alpha value is 0.189. The molecule has 5 atom stereocenters. The minimum atomic E-state index is 0. The third kappa shape index (κ3) is 2.88. The van der Waals surface area contributed by atoms with Crippen LogP contribution in [0.15, 0.2) is 0 Å². The molecule has 2 radical (unpaired) electrons. The standard InChI is InChI=1S/C13H20O.C5H8.Fe/c1-13(2)10-5-9-3-8(7-14)4-11(9)12(13)6-10;1-2-4-5-3-1;/h7-12H,3-6H2,1-2H3;1-2H,3-5H2;. The second-order valence-electron chi connectivity index (χ2n) is 7.79. The van der Waals surface area contributed by atoms with Gasteiger partial charge in [0, 0.05) is 23.0 Å². The largest absolute Gasteiger partial charge is 0.303 e. The van der Waals surface area contributed by atoms with E-state index in [4.69, 9.17) is 0 Å². The molecule has 0 N–H and O–H groups in total. The van der Waals surface area contributed by atoms with E-state index in [2.05, 4.69) is 26.7 Å². The van der Waals surface area contributed by atoms with Crippen molar-refractivity contribution in [2.45, 2.75) is 58.8 Å². The molecule has 0 amide bonds. The molecule has 0 saturated heterocycles. The maximum absolute atomic E-state index is 10.8. The van der Waals surface area contributed by atoms with Crippen LogP contribution in [0.1, 0.15) is 58.8 Å². The predicted octanol–water partition coefficient (Wildman–Crippen LogP) is 4.47. The first-order chi connectivity index (χ1) is 9.13. The Kier molecular flexibility index (Phi) is 5.40. The van der Waals surface area contributed by atoms with Crippen molar-refractivity contribution in [2.75, 3.05) is 0 Å². The monoisotopic (exact) mass is 316 g/mol. The third-order valence-electron chi connectivity index (χ3n) is 6.54. The number of hydrogen-bond donors (Lipinski definition) is 0. The first-order valence-corrected chi connectivity index (χ1v) is 8.23. The summed E-state index contributed by atoms with van der Waals surface area (Å²) in [5.74, 6) is 4.11. The van der Waals surface area contributed by atoms with Gasteiger partial charge in [0.05, 0.1) is 0 Å². The Balaban J connectivity index is 0.000000210. The van der Waals surface area contributed by atoms with Crippen LogP contribution >= 0.6 is 0 Å². The van der Waals surface area contributed by atoms with Crippen molar-refractivity contribution in [2.24, 2.45) is 35.0 Å². The molecule has 2 heteroatoms. The number of rotatable bonds is 1. The quantitative estimate of drug-likeness (QED) is 0.515. The van der Waals surface area contributed by atoms with Crippen molar-refractivity contribution < 1.29 is 21.9 Å². The first kappa shape index (κ1) is 16.6. The summed E-state index contributed by atoms with van der Waals surface area (Å²) in [6.45, 7) is 4.88. The van der Waals surface area contributed by atoms with Gasteiger partial charge in [0.25, 0.3) is 0 Å². The molecule has 0 heterocycles. The Morgan fingerprint density at radius 2 is 1.75 bits per heavy atom. The van der Waals surface area contributed by atoms with E-state index in [1.807, 2.05) is 0 Å². The van der Waals surface area contributed by atoms with E-state index < -0.39 is 0 Å².